The second kappa shape index (κ2) is 9.92. The number of rotatable bonds is 5. The second-order valence-corrected chi connectivity index (χ2v) is 8.03. The van der Waals surface area contributed by atoms with Crippen LogP contribution in [0.25, 0.3) is 0 Å². The molecule has 2 saturated heterocycles. The van der Waals surface area contributed by atoms with Crippen LogP contribution in [0.15, 0.2) is 18.3 Å². The summed E-state index contributed by atoms with van der Waals surface area (Å²) in [6.07, 6.45) is 3.00. The molecule has 0 aromatic carbocycles. The number of aromatic nitrogens is 3. The number of pyridine rings is 1. The number of H-pyrrole nitrogens is 1. The molecule has 2 aliphatic heterocycles. The van der Waals surface area contributed by atoms with Crippen LogP contribution in [0.4, 0.5) is 17.5 Å². The van der Waals surface area contributed by atoms with Gasteiger partial charge in [0, 0.05) is 50.6 Å². The molecule has 9 nitrogen and oxygen atoms in total. The van der Waals surface area contributed by atoms with Gasteiger partial charge in [-0.1, -0.05) is 11.8 Å². The third-order valence-electron chi connectivity index (χ3n) is 5.73. The molecule has 4 rings (SSSR count). The summed E-state index contributed by atoms with van der Waals surface area (Å²) in [4.78, 5) is 11.8. The van der Waals surface area contributed by atoms with Crippen molar-refractivity contribution < 1.29 is 4.74 Å². The van der Waals surface area contributed by atoms with Crippen LogP contribution in [0.2, 0.25) is 0 Å². The minimum absolute atomic E-state index is 0.221. The van der Waals surface area contributed by atoms with E-state index in [9.17, 15) is 0 Å². The molecule has 164 valence electrons. The predicted octanol–water partition coefficient (Wildman–Crippen LogP) is 1.37. The van der Waals surface area contributed by atoms with Crippen molar-refractivity contribution in [2.45, 2.75) is 13.0 Å². The van der Waals surface area contributed by atoms with Gasteiger partial charge in [-0.3, -0.25) is 10.00 Å². The van der Waals surface area contributed by atoms with Gasteiger partial charge in [0.2, 0.25) is 0 Å². The highest BCUT2D eigenvalue weighted by Gasteiger charge is 2.22. The molecule has 31 heavy (non-hydrogen) atoms. The number of ether oxygens (including phenoxy) is 1. The van der Waals surface area contributed by atoms with E-state index >= 15 is 0 Å². The van der Waals surface area contributed by atoms with Gasteiger partial charge < -0.3 is 25.3 Å². The van der Waals surface area contributed by atoms with Gasteiger partial charge in [-0.15, -0.1) is 0 Å². The summed E-state index contributed by atoms with van der Waals surface area (Å²) in [6.45, 7) is 9.17. The fourth-order valence-electron chi connectivity index (χ4n) is 3.81. The average molecular weight is 423 g/mol. The minimum Gasteiger partial charge on any atom is -0.377 e. The van der Waals surface area contributed by atoms with Gasteiger partial charge >= 0.3 is 0 Å². The SMILES string of the molecule is C[C@@H]1COCCN1c1cc(C#CCN2CCN(C)CC2)c(C=N)c(Nc2ccn[nH]2)n1. The Labute approximate surface area is 183 Å². The van der Waals surface area contributed by atoms with E-state index in [1.54, 1.807) is 6.20 Å². The Morgan fingerprint density at radius 3 is 2.87 bits per heavy atom. The summed E-state index contributed by atoms with van der Waals surface area (Å²) in [7, 11) is 2.15. The fourth-order valence-corrected chi connectivity index (χ4v) is 3.81. The highest BCUT2D eigenvalue weighted by molar-refractivity contribution is 5.90. The van der Waals surface area contributed by atoms with E-state index in [2.05, 4.69) is 56.0 Å². The van der Waals surface area contributed by atoms with E-state index in [1.807, 2.05) is 12.1 Å². The van der Waals surface area contributed by atoms with E-state index in [0.717, 1.165) is 56.5 Å². The van der Waals surface area contributed by atoms with E-state index < -0.39 is 0 Å². The molecule has 0 bridgehead atoms. The summed E-state index contributed by atoms with van der Waals surface area (Å²) in [5.41, 5.74) is 1.47. The number of likely N-dealkylation sites (N-methyl/N-ethyl adjacent to an activating group) is 1. The third-order valence-corrected chi connectivity index (χ3v) is 5.73. The number of nitrogens with one attached hydrogen (secondary N) is 3. The molecule has 9 heteroatoms. The van der Waals surface area contributed by atoms with E-state index in [0.29, 0.717) is 24.6 Å². The molecule has 4 heterocycles. The number of anilines is 3. The molecule has 0 aliphatic carbocycles. The molecule has 0 spiro atoms. The summed E-state index contributed by atoms with van der Waals surface area (Å²) in [5.74, 6) is 8.80. The maximum atomic E-state index is 8.01. The monoisotopic (exact) mass is 422 g/mol. The highest BCUT2D eigenvalue weighted by atomic mass is 16.5. The van der Waals surface area contributed by atoms with Crippen molar-refractivity contribution in [1.82, 2.24) is 25.0 Å². The van der Waals surface area contributed by atoms with E-state index in [-0.39, 0.29) is 6.04 Å². The van der Waals surface area contributed by atoms with Crippen molar-refractivity contribution in [2.75, 3.05) is 69.7 Å². The lowest BCUT2D eigenvalue weighted by Crippen LogP contribution is -2.44. The Hall–Kier alpha value is -2.93. The number of nitrogens with zero attached hydrogens (tertiary/aromatic N) is 5. The lowest BCUT2D eigenvalue weighted by atomic mass is 10.1. The van der Waals surface area contributed by atoms with Crippen LogP contribution in [0, 0.1) is 17.3 Å². The normalized spacial score (nSPS) is 20.2. The van der Waals surface area contributed by atoms with Crippen LogP contribution in [-0.4, -0.2) is 96.8 Å². The Bertz CT molecular complexity index is 940. The number of hydrogen-bond acceptors (Lipinski definition) is 8. The maximum Gasteiger partial charge on any atom is 0.144 e. The zero-order chi connectivity index (χ0) is 21.6. The van der Waals surface area contributed by atoms with Gasteiger partial charge in [0.25, 0.3) is 0 Å². The first-order chi connectivity index (χ1) is 15.1. The topological polar surface area (TPSA) is 96.4 Å². The Kier molecular flexibility index (Phi) is 6.82. The van der Waals surface area contributed by atoms with Crippen molar-refractivity contribution in [2.24, 2.45) is 0 Å². The van der Waals surface area contributed by atoms with E-state index in [1.165, 1.54) is 6.21 Å². The van der Waals surface area contributed by atoms with Crippen molar-refractivity contribution in [3.8, 4) is 11.8 Å². The zero-order valence-corrected chi connectivity index (χ0v) is 18.2. The van der Waals surface area contributed by atoms with Crippen LogP contribution in [0.5, 0.6) is 0 Å². The molecule has 0 radical (unpaired) electrons. The van der Waals surface area contributed by atoms with Crippen LogP contribution < -0.4 is 10.2 Å². The Balaban J connectivity index is 1.64. The molecule has 3 N–H and O–H groups in total. The van der Waals surface area contributed by atoms with Gasteiger partial charge in [-0.25, -0.2) is 4.98 Å². The van der Waals surface area contributed by atoms with Crippen molar-refractivity contribution in [3.05, 3.63) is 29.5 Å². The highest BCUT2D eigenvalue weighted by Crippen LogP contribution is 2.26. The molecule has 0 saturated carbocycles. The molecule has 2 fully saturated rings. The summed E-state index contributed by atoms with van der Waals surface area (Å²) in [5, 5.41) is 18.2. The summed E-state index contributed by atoms with van der Waals surface area (Å²) in [6, 6.07) is 4.05. The van der Waals surface area contributed by atoms with Gasteiger partial charge in [-0.2, -0.15) is 5.10 Å². The van der Waals surface area contributed by atoms with Crippen LogP contribution >= 0.6 is 0 Å². The van der Waals surface area contributed by atoms with Crippen LogP contribution in [-0.2, 0) is 4.74 Å². The Morgan fingerprint density at radius 2 is 2.16 bits per heavy atom. The lowest BCUT2D eigenvalue weighted by Gasteiger charge is -2.34. The molecule has 2 aromatic heterocycles. The largest absolute Gasteiger partial charge is 0.377 e. The molecular weight excluding hydrogens is 392 g/mol. The summed E-state index contributed by atoms with van der Waals surface area (Å²) < 4.78 is 5.59. The maximum absolute atomic E-state index is 8.01. The predicted molar refractivity (Wildman–Crippen MR) is 122 cm³/mol. The number of piperazine rings is 1. The fraction of sp³-hybridized carbons (Fsp3) is 0.500. The molecule has 2 aliphatic rings. The van der Waals surface area contributed by atoms with Gasteiger partial charge in [0.05, 0.1) is 37.6 Å². The van der Waals surface area contributed by atoms with Gasteiger partial charge in [0.15, 0.2) is 0 Å². The van der Waals surface area contributed by atoms with Crippen LogP contribution in [0.3, 0.4) is 0 Å². The van der Waals surface area contributed by atoms with Gasteiger partial charge in [-0.05, 0) is 20.0 Å². The van der Waals surface area contributed by atoms with Crippen molar-refractivity contribution >= 4 is 23.7 Å². The van der Waals surface area contributed by atoms with Crippen LogP contribution in [0.1, 0.15) is 18.1 Å². The number of morpholine rings is 1. The second-order valence-electron chi connectivity index (χ2n) is 8.03. The molecular formula is C22H30N8O. The molecule has 0 unspecified atom stereocenters. The first kappa shape index (κ1) is 21.3. The number of hydrogen-bond donors (Lipinski definition) is 3. The Morgan fingerprint density at radius 1 is 1.32 bits per heavy atom. The quantitative estimate of drug-likeness (QED) is 0.495. The van der Waals surface area contributed by atoms with Gasteiger partial charge in [0.1, 0.15) is 17.5 Å². The zero-order valence-electron chi connectivity index (χ0n) is 18.2. The number of aromatic amines is 1. The molecule has 0 amide bonds. The average Bonchev–Trinajstić information content (AvgIpc) is 3.28. The lowest BCUT2D eigenvalue weighted by molar-refractivity contribution is 0.0985. The standard InChI is InChI=1S/C22H30N8O/c1-17-16-31-13-12-30(17)21-14-18(4-3-7-29-10-8-28(2)9-11-29)19(15-23)22(26-21)25-20-5-6-24-27-20/h5-6,14-15,17,23H,7-13,16H2,1-2H3,(H2,24,25,26,27)/t17-/m1/s1. The molecule has 2 aromatic rings. The third kappa shape index (κ3) is 5.22. The van der Waals surface area contributed by atoms with E-state index in [4.69, 9.17) is 15.1 Å². The summed E-state index contributed by atoms with van der Waals surface area (Å²) >= 11 is 0. The van der Waals surface area contributed by atoms with Crippen molar-refractivity contribution in [1.29, 1.82) is 5.41 Å². The minimum atomic E-state index is 0.221. The smallest absolute Gasteiger partial charge is 0.144 e. The molecule has 1 atom stereocenters. The first-order valence-corrected chi connectivity index (χ1v) is 10.7. The van der Waals surface area contributed by atoms with Crippen molar-refractivity contribution in [3.63, 3.8) is 0 Å². The first-order valence-electron chi connectivity index (χ1n) is 10.7.